The lowest BCUT2D eigenvalue weighted by Crippen LogP contribution is -2.06. The highest BCUT2D eigenvalue weighted by Gasteiger charge is 2.30. The first-order valence-electron chi connectivity index (χ1n) is 7.27. The van der Waals surface area contributed by atoms with Crippen LogP contribution in [0.4, 0.5) is 13.2 Å². The summed E-state index contributed by atoms with van der Waals surface area (Å²) in [5.41, 5.74) is -0.559. The molecule has 0 saturated heterocycles. The van der Waals surface area contributed by atoms with E-state index >= 15 is 0 Å². The summed E-state index contributed by atoms with van der Waals surface area (Å²) in [7, 11) is 1.49. The lowest BCUT2D eigenvalue weighted by atomic mass is 10.1. The van der Waals surface area contributed by atoms with Gasteiger partial charge in [0.25, 0.3) is 0 Å². The van der Waals surface area contributed by atoms with E-state index in [9.17, 15) is 18.0 Å². The fraction of sp³-hybridized carbons (Fsp3) is 0.167. The molecule has 4 nitrogen and oxygen atoms in total. The van der Waals surface area contributed by atoms with Crippen molar-refractivity contribution in [2.45, 2.75) is 12.8 Å². The van der Waals surface area contributed by atoms with Gasteiger partial charge in [0, 0.05) is 23.1 Å². The normalized spacial score (nSPS) is 11.5. The van der Waals surface area contributed by atoms with Crippen molar-refractivity contribution in [2.24, 2.45) is 0 Å². The average Bonchev–Trinajstić information content (AvgIpc) is 2.58. The SMILES string of the molecule is COc1ccc2c(COc3cccc(C(F)(F)F)c3)cc(=O)oc2c1. The molecule has 3 aromatic rings. The molecule has 0 saturated carbocycles. The minimum atomic E-state index is -4.45. The molecule has 0 aliphatic rings. The maximum Gasteiger partial charge on any atom is 0.416 e. The second kappa shape index (κ2) is 6.51. The van der Waals surface area contributed by atoms with Gasteiger partial charge in [0.2, 0.25) is 0 Å². The van der Waals surface area contributed by atoms with Gasteiger partial charge in [-0.05, 0) is 30.3 Å². The van der Waals surface area contributed by atoms with E-state index < -0.39 is 17.4 Å². The molecular weight excluding hydrogens is 337 g/mol. The Morgan fingerprint density at radius 3 is 2.56 bits per heavy atom. The highest BCUT2D eigenvalue weighted by molar-refractivity contribution is 5.81. The summed E-state index contributed by atoms with van der Waals surface area (Å²) < 4.78 is 53.9. The van der Waals surface area contributed by atoms with Crippen LogP contribution in [0.3, 0.4) is 0 Å². The van der Waals surface area contributed by atoms with Gasteiger partial charge >= 0.3 is 11.8 Å². The Kier molecular flexibility index (Phi) is 4.39. The third-order valence-electron chi connectivity index (χ3n) is 3.59. The van der Waals surface area contributed by atoms with E-state index in [1.807, 2.05) is 0 Å². The van der Waals surface area contributed by atoms with E-state index in [-0.39, 0.29) is 12.4 Å². The second-order valence-corrected chi connectivity index (χ2v) is 5.27. The van der Waals surface area contributed by atoms with Crippen LogP contribution >= 0.6 is 0 Å². The van der Waals surface area contributed by atoms with E-state index in [0.717, 1.165) is 12.1 Å². The Labute approximate surface area is 140 Å². The number of hydrogen-bond donors (Lipinski definition) is 0. The molecule has 0 bridgehead atoms. The summed E-state index contributed by atoms with van der Waals surface area (Å²) in [6, 6.07) is 10.8. The van der Waals surface area contributed by atoms with Crippen LogP contribution in [-0.4, -0.2) is 7.11 Å². The number of halogens is 3. The van der Waals surface area contributed by atoms with Crippen molar-refractivity contribution in [2.75, 3.05) is 7.11 Å². The molecule has 0 aliphatic heterocycles. The Hall–Kier alpha value is -2.96. The molecule has 0 unspecified atom stereocenters. The summed E-state index contributed by atoms with van der Waals surface area (Å²) in [5, 5.41) is 0.618. The van der Waals surface area contributed by atoms with Crippen LogP contribution in [0.15, 0.2) is 57.7 Å². The second-order valence-electron chi connectivity index (χ2n) is 5.27. The van der Waals surface area contributed by atoms with E-state index in [1.54, 1.807) is 18.2 Å². The molecule has 2 aromatic carbocycles. The Morgan fingerprint density at radius 2 is 1.84 bits per heavy atom. The number of benzene rings is 2. The molecule has 25 heavy (non-hydrogen) atoms. The summed E-state index contributed by atoms with van der Waals surface area (Å²) in [4.78, 5) is 11.7. The third kappa shape index (κ3) is 3.76. The fourth-order valence-corrected chi connectivity index (χ4v) is 2.38. The fourth-order valence-electron chi connectivity index (χ4n) is 2.38. The van der Waals surface area contributed by atoms with Gasteiger partial charge in [-0.2, -0.15) is 13.2 Å². The quantitative estimate of drug-likeness (QED) is 0.655. The maximum atomic E-state index is 12.7. The summed E-state index contributed by atoms with van der Waals surface area (Å²) in [6.45, 7) is -0.0737. The van der Waals surface area contributed by atoms with Crippen molar-refractivity contribution in [3.05, 3.63) is 70.1 Å². The Morgan fingerprint density at radius 1 is 1.04 bits per heavy atom. The molecule has 7 heteroatoms. The van der Waals surface area contributed by atoms with Gasteiger partial charge in [0.15, 0.2) is 0 Å². The largest absolute Gasteiger partial charge is 0.497 e. The number of fused-ring (bicyclic) bond motifs is 1. The smallest absolute Gasteiger partial charge is 0.416 e. The Balaban J connectivity index is 1.90. The molecule has 0 atom stereocenters. The van der Waals surface area contributed by atoms with Gasteiger partial charge in [0.05, 0.1) is 12.7 Å². The van der Waals surface area contributed by atoms with Crippen LogP contribution < -0.4 is 15.1 Å². The Bertz CT molecular complexity index is 960. The number of hydrogen-bond acceptors (Lipinski definition) is 4. The van der Waals surface area contributed by atoms with Crippen LogP contribution in [0, 0.1) is 0 Å². The van der Waals surface area contributed by atoms with Gasteiger partial charge in [-0.1, -0.05) is 6.07 Å². The van der Waals surface area contributed by atoms with Crippen molar-refractivity contribution in [1.29, 1.82) is 0 Å². The minimum absolute atomic E-state index is 0.0599. The molecule has 0 fully saturated rings. The van der Waals surface area contributed by atoms with Crippen LogP contribution in [0.2, 0.25) is 0 Å². The average molecular weight is 350 g/mol. The molecule has 0 aliphatic carbocycles. The zero-order valence-electron chi connectivity index (χ0n) is 13.1. The van der Waals surface area contributed by atoms with Gasteiger partial charge in [-0.25, -0.2) is 4.79 Å². The van der Waals surface area contributed by atoms with Crippen molar-refractivity contribution in [1.82, 2.24) is 0 Å². The van der Waals surface area contributed by atoms with Gasteiger partial charge in [-0.15, -0.1) is 0 Å². The molecule has 0 radical (unpaired) electrons. The van der Waals surface area contributed by atoms with Crippen LogP contribution in [0.5, 0.6) is 11.5 Å². The van der Waals surface area contributed by atoms with Crippen molar-refractivity contribution < 1.29 is 27.1 Å². The van der Waals surface area contributed by atoms with Crippen molar-refractivity contribution in [3.8, 4) is 11.5 Å². The highest BCUT2D eigenvalue weighted by atomic mass is 19.4. The first kappa shape index (κ1) is 16.9. The molecule has 1 heterocycles. The maximum absolute atomic E-state index is 12.7. The number of methoxy groups -OCH3 is 1. The zero-order chi connectivity index (χ0) is 18.0. The first-order valence-corrected chi connectivity index (χ1v) is 7.27. The monoisotopic (exact) mass is 350 g/mol. The van der Waals surface area contributed by atoms with Crippen molar-refractivity contribution in [3.63, 3.8) is 0 Å². The van der Waals surface area contributed by atoms with E-state index in [0.29, 0.717) is 22.3 Å². The van der Waals surface area contributed by atoms with Crippen molar-refractivity contribution >= 4 is 11.0 Å². The molecule has 0 N–H and O–H groups in total. The van der Waals surface area contributed by atoms with Crippen LogP contribution in [0.25, 0.3) is 11.0 Å². The molecular formula is C18H13F3O4. The standard InChI is InChI=1S/C18H13F3O4/c1-23-13-5-6-15-11(7-17(22)25-16(15)9-13)10-24-14-4-2-3-12(8-14)18(19,20)21/h2-9H,10H2,1H3. The lowest BCUT2D eigenvalue weighted by Gasteiger charge is -2.11. The van der Waals surface area contributed by atoms with Gasteiger partial charge < -0.3 is 13.9 Å². The zero-order valence-corrected chi connectivity index (χ0v) is 13.1. The first-order chi connectivity index (χ1) is 11.9. The summed E-state index contributed by atoms with van der Waals surface area (Å²) in [6.07, 6.45) is -4.45. The van der Waals surface area contributed by atoms with E-state index in [2.05, 4.69) is 0 Å². The molecule has 3 rings (SSSR count). The van der Waals surface area contributed by atoms with Gasteiger partial charge in [-0.3, -0.25) is 0 Å². The molecule has 0 amide bonds. The highest BCUT2D eigenvalue weighted by Crippen LogP contribution is 2.31. The molecule has 130 valence electrons. The number of rotatable bonds is 4. The molecule has 1 aromatic heterocycles. The predicted octanol–water partition coefficient (Wildman–Crippen LogP) is 4.40. The van der Waals surface area contributed by atoms with E-state index in [1.165, 1.54) is 25.3 Å². The minimum Gasteiger partial charge on any atom is -0.497 e. The number of alkyl halides is 3. The molecule has 0 spiro atoms. The summed E-state index contributed by atoms with van der Waals surface area (Å²) in [5.74, 6) is 0.580. The van der Waals surface area contributed by atoms with Crippen LogP contribution in [0.1, 0.15) is 11.1 Å². The van der Waals surface area contributed by atoms with E-state index in [4.69, 9.17) is 13.9 Å². The number of ether oxygens (including phenoxy) is 2. The summed E-state index contributed by atoms with van der Waals surface area (Å²) >= 11 is 0. The van der Waals surface area contributed by atoms with Crippen LogP contribution in [-0.2, 0) is 12.8 Å². The third-order valence-corrected chi connectivity index (χ3v) is 3.59. The topological polar surface area (TPSA) is 48.7 Å². The predicted molar refractivity (Wildman–Crippen MR) is 84.8 cm³/mol. The van der Waals surface area contributed by atoms with Gasteiger partial charge in [0.1, 0.15) is 23.7 Å². The lowest BCUT2D eigenvalue weighted by molar-refractivity contribution is -0.137.